The number of anilines is 1. The number of fused-ring (bicyclic) bond motifs is 1. The van der Waals surface area contributed by atoms with Crippen molar-refractivity contribution >= 4 is 17.0 Å². The number of alkyl halides is 2. The zero-order valence-corrected chi connectivity index (χ0v) is 16.8. The van der Waals surface area contributed by atoms with Crippen LogP contribution in [0.1, 0.15) is 42.6 Å². The molecule has 1 aliphatic carbocycles. The van der Waals surface area contributed by atoms with Crippen LogP contribution in [0.2, 0.25) is 0 Å². The first-order valence-electron chi connectivity index (χ1n) is 9.59. The lowest BCUT2D eigenvalue weighted by Gasteiger charge is -2.20. The quantitative estimate of drug-likeness (QED) is 0.639. The van der Waals surface area contributed by atoms with Gasteiger partial charge in [0.25, 0.3) is 11.5 Å². The summed E-state index contributed by atoms with van der Waals surface area (Å²) in [6.45, 7) is 0.180. The second kappa shape index (κ2) is 7.12. The maximum absolute atomic E-state index is 14.5. The lowest BCUT2D eigenvalue weighted by Crippen LogP contribution is -2.21. The molecule has 2 heterocycles. The molecule has 0 aliphatic heterocycles. The Labute approximate surface area is 170 Å². The van der Waals surface area contributed by atoms with E-state index in [1.165, 1.54) is 10.7 Å². The number of rotatable bonds is 6. The second-order valence-electron chi connectivity index (χ2n) is 7.94. The first-order chi connectivity index (χ1) is 14.1. The topological polar surface area (TPSA) is 87.0 Å². The van der Waals surface area contributed by atoms with Gasteiger partial charge in [-0.25, -0.2) is 17.9 Å². The summed E-state index contributed by atoms with van der Waals surface area (Å²) < 4.78 is 43.3. The number of nitrogens with zero attached hydrogens (tertiary/aromatic N) is 4. The monoisotopic (exact) mass is 421 g/mol. The summed E-state index contributed by atoms with van der Waals surface area (Å²) in [4.78, 5) is 21.4. The third-order valence-corrected chi connectivity index (χ3v) is 5.33. The molecule has 0 saturated heterocycles. The standard InChI is InChI=1S/C20H22F3N5O2/c1-20(22,23)12-7-6-11(8-13(12)21)16(10-4-5-10)28-17-15(14(9-29)26-28)18(30)25-19(24-17)27(2)3/h6-8,10,16,29H,4-5,9H2,1-3H3,(H,24,25,30)/t16-/m1/s1. The van der Waals surface area contributed by atoms with Gasteiger partial charge in [-0.2, -0.15) is 10.1 Å². The van der Waals surface area contributed by atoms with Gasteiger partial charge >= 0.3 is 0 Å². The van der Waals surface area contributed by atoms with Crippen LogP contribution >= 0.6 is 0 Å². The van der Waals surface area contributed by atoms with Crippen molar-refractivity contribution in [2.24, 2.45) is 5.92 Å². The number of benzene rings is 1. The van der Waals surface area contributed by atoms with E-state index in [1.54, 1.807) is 19.0 Å². The number of aromatic nitrogens is 4. The minimum absolute atomic E-state index is 0.0934. The Morgan fingerprint density at radius 2 is 2.07 bits per heavy atom. The SMILES string of the molecule is CN(C)c1nc2c(c(CO)nn2[C@@H](c2ccc(C(C)(F)F)c(F)c2)C2CC2)c(=O)[nH]1. The summed E-state index contributed by atoms with van der Waals surface area (Å²) in [5.41, 5.74) is -0.238. The van der Waals surface area contributed by atoms with E-state index in [4.69, 9.17) is 0 Å². The number of aliphatic hydroxyl groups is 1. The molecular weight excluding hydrogens is 399 g/mol. The van der Waals surface area contributed by atoms with E-state index in [0.717, 1.165) is 25.0 Å². The van der Waals surface area contributed by atoms with Crippen LogP contribution in [-0.4, -0.2) is 39.0 Å². The summed E-state index contributed by atoms with van der Waals surface area (Å²) in [5, 5.41) is 14.3. The number of nitrogens with one attached hydrogen (secondary N) is 1. The zero-order valence-electron chi connectivity index (χ0n) is 16.8. The molecule has 3 aromatic rings. The van der Waals surface area contributed by atoms with Crippen LogP contribution < -0.4 is 10.5 Å². The maximum atomic E-state index is 14.5. The summed E-state index contributed by atoms with van der Waals surface area (Å²) in [6, 6.07) is 3.16. The van der Waals surface area contributed by atoms with E-state index in [2.05, 4.69) is 15.1 Å². The van der Waals surface area contributed by atoms with Crippen molar-refractivity contribution in [1.82, 2.24) is 19.7 Å². The van der Waals surface area contributed by atoms with Crippen LogP contribution in [-0.2, 0) is 12.5 Å². The third kappa shape index (κ3) is 3.45. The molecule has 0 radical (unpaired) electrons. The van der Waals surface area contributed by atoms with E-state index in [0.29, 0.717) is 18.4 Å². The van der Waals surface area contributed by atoms with Gasteiger partial charge in [-0.05, 0) is 36.5 Å². The molecule has 0 amide bonds. The fourth-order valence-electron chi connectivity index (χ4n) is 3.72. The highest BCUT2D eigenvalue weighted by Crippen LogP contribution is 2.45. The summed E-state index contributed by atoms with van der Waals surface area (Å²) in [5.74, 6) is -3.89. The number of halogens is 3. The number of aromatic amines is 1. The van der Waals surface area contributed by atoms with Crippen LogP contribution in [0.3, 0.4) is 0 Å². The van der Waals surface area contributed by atoms with Gasteiger partial charge in [0.15, 0.2) is 5.65 Å². The first-order valence-corrected chi connectivity index (χ1v) is 9.59. The van der Waals surface area contributed by atoms with Crippen LogP contribution in [0.5, 0.6) is 0 Å². The molecule has 7 nitrogen and oxygen atoms in total. The molecule has 0 unspecified atom stereocenters. The lowest BCUT2D eigenvalue weighted by molar-refractivity contribution is 0.0137. The Kier molecular flexibility index (Phi) is 4.84. The number of H-pyrrole nitrogens is 1. The fourth-order valence-corrected chi connectivity index (χ4v) is 3.72. The predicted molar refractivity (Wildman–Crippen MR) is 105 cm³/mol. The molecule has 2 N–H and O–H groups in total. The zero-order chi connectivity index (χ0) is 21.8. The predicted octanol–water partition coefficient (Wildman–Crippen LogP) is 2.93. The van der Waals surface area contributed by atoms with Gasteiger partial charge in [0.2, 0.25) is 5.95 Å². The highest BCUT2D eigenvalue weighted by molar-refractivity contribution is 5.78. The summed E-state index contributed by atoms with van der Waals surface area (Å²) in [6.07, 6.45) is 1.69. The van der Waals surface area contributed by atoms with Crippen LogP contribution in [0.15, 0.2) is 23.0 Å². The second-order valence-corrected chi connectivity index (χ2v) is 7.94. The van der Waals surface area contributed by atoms with Crippen LogP contribution in [0, 0.1) is 11.7 Å². The van der Waals surface area contributed by atoms with Gasteiger partial charge in [-0.15, -0.1) is 0 Å². The Hall–Kier alpha value is -2.88. The Morgan fingerprint density at radius 1 is 1.37 bits per heavy atom. The van der Waals surface area contributed by atoms with Gasteiger partial charge < -0.3 is 10.0 Å². The van der Waals surface area contributed by atoms with Crippen molar-refractivity contribution in [3.05, 3.63) is 51.2 Å². The van der Waals surface area contributed by atoms with E-state index in [9.17, 15) is 23.1 Å². The minimum Gasteiger partial charge on any atom is -0.390 e. The fraction of sp³-hybridized carbons (Fsp3) is 0.450. The molecule has 30 heavy (non-hydrogen) atoms. The molecule has 1 aromatic carbocycles. The summed E-state index contributed by atoms with van der Waals surface area (Å²) in [7, 11) is 3.43. The maximum Gasteiger partial charge on any atom is 0.273 e. The van der Waals surface area contributed by atoms with Crippen molar-refractivity contribution in [2.45, 2.75) is 38.3 Å². The van der Waals surface area contributed by atoms with Gasteiger partial charge in [-0.1, -0.05) is 6.07 Å². The molecule has 4 rings (SSSR count). The highest BCUT2D eigenvalue weighted by Gasteiger charge is 2.37. The molecule has 2 aromatic heterocycles. The average Bonchev–Trinajstić information content (AvgIpc) is 3.42. The van der Waals surface area contributed by atoms with Gasteiger partial charge in [0.1, 0.15) is 16.9 Å². The average molecular weight is 421 g/mol. The lowest BCUT2D eigenvalue weighted by atomic mass is 9.99. The van der Waals surface area contributed by atoms with Crippen molar-refractivity contribution in [2.75, 3.05) is 19.0 Å². The Balaban J connectivity index is 1.92. The molecule has 0 spiro atoms. The highest BCUT2D eigenvalue weighted by atomic mass is 19.3. The molecule has 1 saturated carbocycles. The largest absolute Gasteiger partial charge is 0.390 e. The van der Waals surface area contributed by atoms with Crippen molar-refractivity contribution in [3.8, 4) is 0 Å². The molecule has 10 heteroatoms. The van der Waals surface area contributed by atoms with E-state index < -0.39 is 35.5 Å². The molecule has 1 fully saturated rings. The van der Waals surface area contributed by atoms with Crippen molar-refractivity contribution in [1.29, 1.82) is 0 Å². The van der Waals surface area contributed by atoms with Gasteiger partial charge in [0, 0.05) is 21.0 Å². The van der Waals surface area contributed by atoms with Gasteiger partial charge in [0.05, 0.1) is 18.2 Å². The van der Waals surface area contributed by atoms with Gasteiger partial charge in [-0.3, -0.25) is 9.78 Å². The molecule has 160 valence electrons. The van der Waals surface area contributed by atoms with E-state index in [-0.39, 0.29) is 22.6 Å². The van der Waals surface area contributed by atoms with Crippen molar-refractivity contribution < 1.29 is 18.3 Å². The Morgan fingerprint density at radius 3 is 2.60 bits per heavy atom. The number of hydrogen-bond donors (Lipinski definition) is 2. The minimum atomic E-state index is -3.30. The smallest absolute Gasteiger partial charge is 0.273 e. The molecule has 1 atom stereocenters. The third-order valence-electron chi connectivity index (χ3n) is 5.33. The number of aliphatic hydroxyl groups excluding tert-OH is 1. The van der Waals surface area contributed by atoms with Crippen LogP contribution in [0.25, 0.3) is 11.0 Å². The first kappa shape index (κ1) is 20.4. The molecule has 0 bridgehead atoms. The van der Waals surface area contributed by atoms with Crippen molar-refractivity contribution in [3.63, 3.8) is 0 Å². The van der Waals surface area contributed by atoms with E-state index >= 15 is 0 Å². The molecule has 1 aliphatic rings. The summed E-state index contributed by atoms with van der Waals surface area (Å²) >= 11 is 0. The Bertz CT molecular complexity index is 1160. The normalized spacial score (nSPS) is 15.6. The van der Waals surface area contributed by atoms with E-state index in [1.807, 2.05) is 0 Å². The van der Waals surface area contributed by atoms with Crippen LogP contribution in [0.4, 0.5) is 19.1 Å². The number of hydrogen-bond acceptors (Lipinski definition) is 5. The molecular formula is C20H22F3N5O2.